The van der Waals surface area contributed by atoms with Crippen molar-refractivity contribution in [2.45, 2.75) is 91.3 Å². The van der Waals surface area contributed by atoms with Crippen LogP contribution in [-0.2, 0) is 9.47 Å². The van der Waals surface area contributed by atoms with E-state index in [0.717, 1.165) is 32.5 Å². The smallest absolute Gasteiger partial charge is 0.168 e. The highest BCUT2D eigenvalue weighted by atomic mass is 16.7. The Labute approximate surface area is 114 Å². The molecule has 0 heterocycles. The summed E-state index contributed by atoms with van der Waals surface area (Å²) in [4.78, 5) is 0. The zero-order chi connectivity index (χ0) is 13.7. The summed E-state index contributed by atoms with van der Waals surface area (Å²) < 4.78 is 11.8. The van der Waals surface area contributed by atoms with Crippen LogP contribution in [0.3, 0.4) is 0 Å². The van der Waals surface area contributed by atoms with Gasteiger partial charge in [0.1, 0.15) is 0 Å². The molecule has 0 atom stereocenters. The molecule has 0 aliphatic heterocycles. The van der Waals surface area contributed by atoms with Gasteiger partial charge in [-0.1, -0.05) is 52.4 Å². The van der Waals surface area contributed by atoms with Gasteiger partial charge in [-0.2, -0.15) is 0 Å². The first kappa shape index (κ1) is 17.9. The van der Waals surface area contributed by atoms with Crippen LogP contribution >= 0.6 is 0 Å². The molecule has 0 unspecified atom stereocenters. The second-order valence-corrected chi connectivity index (χ2v) is 5.04. The fourth-order valence-electron chi connectivity index (χ4n) is 2.54. The first-order valence-electron chi connectivity index (χ1n) is 8.02. The van der Waals surface area contributed by atoms with Crippen LogP contribution in [0.5, 0.6) is 0 Å². The van der Waals surface area contributed by atoms with Crippen molar-refractivity contribution in [3.8, 4) is 0 Å². The summed E-state index contributed by atoms with van der Waals surface area (Å²) in [5, 5.41) is 0. The highest BCUT2D eigenvalue weighted by Crippen LogP contribution is 2.27. The summed E-state index contributed by atoms with van der Waals surface area (Å²) in [6, 6.07) is 0. The molecule has 0 saturated heterocycles. The summed E-state index contributed by atoms with van der Waals surface area (Å²) in [5.41, 5.74) is 0. The maximum Gasteiger partial charge on any atom is 0.168 e. The Morgan fingerprint density at radius 2 is 1.17 bits per heavy atom. The Hall–Kier alpha value is -0.0800. The molecule has 2 nitrogen and oxygen atoms in total. The molecule has 0 aliphatic carbocycles. The van der Waals surface area contributed by atoms with Crippen LogP contribution in [0.4, 0.5) is 0 Å². The van der Waals surface area contributed by atoms with E-state index in [1.807, 2.05) is 0 Å². The van der Waals surface area contributed by atoms with Crippen molar-refractivity contribution in [1.82, 2.24) is 0 Å². The van der Waals surface area contributed by atoms with E-state index in [-0.39, 0.29) is 5.79 Å². The molecule has 0 spiro atoms. The summed E-state index contributed by atoms with van der Waals surface area (Å²) in [6.07, 6.45) is 11.1. The van der Waals surface area contributed by atoms with E-state index in [1.165, 1.54) is 38.5 Å². The van der Waals surface area contributed by atoms with E-state index in [2.05, 4.69) is 27.7 Å². The number of hydrogen-bond donors (Lipinski definition) is 0. The number of hydrogen-bond acceptors (Lipinski definition) is 2. The van der Waals surface area contributed by atoms with Crippen molar-refractivity contribution in [2.24, 2.45) is 0 Å². The molecular weight excluding hydrogens is 224 g/mol. The number of unbranched alkanes of at least 4 members (excludes halogenated alkanes) is 5. The van der Waals surface area contributed by atoms with Gasteiger partial charge < -0.3 is 9.47 Å². The predicted molar refractivity (Wildman–Crippen MR) is 78.9 cm³/mol. The highest BCUT2D eigenvalue weighted by molar-refractivity contribution is 4.70. The molecular formula is C16H34O2. The molecule has 0 aliphatic rings. The van der Waals surface area contributed by atoms with Crippen LogP contribution in [0, 0.1) is 0 Å². The summed E-state index contributed by atoms with van der Waals surface area (Å²) in [7, 11) is 0. The average Bonchev–Trinajstić information content (AvgIpc) is 2.35. The lowest BCUT2D eigenvalue weighted by Crippen LogP contribution is -2.36. The maximum atomic E-state index is 5.92. The van der Waals surface area contributed by atoms with Crippen molar-refractivity contribution in [3.05, 3.63) is 0 Å². The normalized spacial score (nSPS) is 12.0. The SMILES string of the molecule is CCCCCCCCC(CCC)(OCC)OCC. The zero-order valence-electron chi connectivity index (χ0n) is 13.1. The molecule has 2 heteroatoms. The van der Waals surface area contributed by atoms with Gasteiger partial charge in [0.25, 0.3) is 0 Å². The summed E-state index contributed by atoms with van der Waals surface area (Å²) >= 11 is 0. The van der Waals surface area contributed by atoms with Crippen molar-refractivity contribution in [1.29, 1.82) is 0 Å². The fourth-order valence-corrected chi connectivity index (χ4v) is 2.54. The quantitative estimate of drug-likeness (QED) is 0.329. The minimum Gasteiger partial charge on any atom is -0.350 e. The van der Waals surface area contributed by atoms with Crippen molar-refractivity contribution < 1.29 is 9.47 Å². The van der Waals surface area contributed by atoms with Gasteiger partial charge in [0.15, 0.2) is 5.79 Å². The third-order valence-electron chi connectivity index (χ3n) is 3.36. The van der Waals surface area contributed by atoms with E-state index in [9.17, 15) is 0 Å². The van der Waals surface area contributed by atoms with Gasteiger partial charge in [-0.25, -0.2) is 0 Å². The van der Waals surface area contributed by atoms with Gasteiger partial charge in [0.05, 0.1) is 0 Å². The molecule has 110 valence electrons. The first-order chi connectivity index (χ1) is 8.74. The van der Waals surface area contributed by atoms with Gasteiger partial charge >= 0.3 is 0 Å². The van der Waals surface area contributed by atoms with Gasteiger partial charge in [0.2, 0.25) is 0 Å². The standard InChI is InChI=1S/C16H34O2/c1-5-9-10-11-12-13-15-16(14-6-2,17-7-3)18-8-4/h5-15H2,1-4H3. The van der Waals surface area contributed by atoms with Crippen LogP contribution < -0.4 is 0 Å². The molecule has 0 rings (SSSR count). The fraction of sp³-hybridized carbons (Fsp3) is 1.00. The number of ether oxygens (including phenoxy) is 2. The lowest BCUT2D eigenvalue weighted by Gasteiger charge is -2.33. The predicted octanol–water partition coefficient (Wildman–Crippen LogP) is 5.31. The zero-order valence-corrected chi connectivity index (χ0v) is 13.1. The molecule has 0 fully saturated rings. The van der Waals surface area contributed by atoms with Crippen LogP contribution in [-0.4, -0.2) is 19.0 Å². The topological polar surface area (TPSA) is 18.5 Å². The van der Waals surface area contributed by atoms with Gasteiger partial charge in [-0.15, -0.1) is 0 Å². The molecule has 0 aromatic heterocycles. The largest absolute Gasteiger partial charge is 0.350 e. The Morgan fingerprint density at radius 1 is 0.611 bits per heavy atom. The lowest BCUT2D eigenvalue weighted by atomic mass is 10.0. The second-order valence-electron chi connectivity index (χ2n) is 5.04. The lowest BCUT2D eigenvalue weighted by molar-refractivity contribution is -0.241. The van der Waals surface area contributed by atoms with Crippen molar-refractivity contribution in [2.75, 3.05) is 13.2 Å². The van der Waals surface area contributed by atoms with Gasteiger partial charge in [-0.3, -0.25) is 0 Å². The average molecular weight is 258 g/mol. The van der Waals surface area contributed by atoms with E-state index < -0.39 is 0 Å². The molecule has 0 bridgehead atoms. The van der Waals surface area contributed by atoms with Crippen molar-refractivity contribution in [3.63, 3.8) is 0 Å². The molecule has 0 saturated carbocycles. The molecule has 0 radical (unpaired) electrons. The molecule has 0 amide bonds. The maximum absolute atomic E-state index is 5.92. The van der Waals surface area contributed by atoms with Crippen LogP contribution in [0.25, 0.3) is 0 Å². The first-order valence-corrected chi connectivity index (χ1v) is 8.02. The van der Waals surface area contributed by atoms with Crippen LogP contribution in [0.2, 0.25) is 0 Å². The third-order valence-corrected chi connectivity index (χ3v) is 3.36. The highest BCUT2D eigenvalue weighted by Gasteiger charge is 2.29. The van der Waals surface area contributed by atoms with E-state index in [0.29, 0.717) is 0 Å². The Balaban J connectivity index is 3.97. The van der Waals surface area contributed by atoms with Gasteiger partial charge in [-0.05, 0) is 20.3 Å². The summed E-state index contributed by atoms with van der Waals surface area (Å²) in [5.74, 6) is -0.303. The second kappa shape index (κ2) is 12.0. The Bertz CT molecular complexity index is 151. The molecule has 0 aromatic rings. The number of rotatable bonds is 13. The molecule has 18 heavy (non-hydrogen) atoms. The molecule has 0 aromatic carbocycles. The minimum absolute atomic E-state index is 0.303. The van der Waals surface area contributed by atoms with E-state index in [4.69, 9.17) is 9.47 Å². The Morgan fingerprint density at radius 3 is 1.67 bits per heavy atom. The monoisotopic (exact) mass is 258 g/mol. The molecule has 0 N–H and O–H groups in total. The third kappa shape index (κ3) is 8.10. The van der Waals surface area contributed by atoms with E-state index >= 15 is 0 Å². The minimum atomic E-state index is -0.303. The Kier molecular flexibility index (Phi) is 11.9. The summed E-state index contributed by atoms with van der Waals surface area (Å²) in [6.45, 7) is 10.1. The van der Waals surface area contributed by atoms with Crippen LogP contribution in [0.15, 0.2) is 0 Å². The van der Waals surface area contributed by atoms with E-state index in [1.54, 1.807) is 0 Å². The van der Waals surface area contributed by atoms with Gasteiger partial charge in [0, 0.05) is 26.1 Å². The van der Waals surface area contributed by atoms with Crippen molar-refractivity contribution >= 4 is 0 Å². The van der Waals surface area contributed by atoms with Crippen LogP contribution in [0.1, 0.15) is 85.5 Å².